The maximum atomic E-state index is 11.4. The fraction of sp³-hybridized carbons (Fsp3) is 0.417. The highest BCUT2D eigenvalue weighted by Gasteiger charge is 2.02. The third-order valence-corrected chi connectivity index (χ3v) is 2.18. The van der Waals surface area contributed by atoms with Gasteiger partial charge < -0.3 is 10.6 Å². The van der Waals surface area contributed by atoms with Gasteiger partial charge in [-0.1, -0.05) is 19.1 Å². The van der Waals surface area contributed by atoms with E-state index < -0.39 is 0 Å². The largest absolute Gasteiger partial charge is 0.338 e. The van der Waals surface area contributed by atoms with Gasteiger partial charge in [-0.05, 0) is 37.5 Å². The number of hydrogen-bond acceptors (Lipinski definition) is 1. The van der Waals surface area contributed by atoms with E-state index in [2.05, 4.69) is 10.6 Å². The van der Waals surface area contributed by atoms with E-state index in [0.717, 1.165) is 23.2 Å². The minimum Gasteiger partial charge on any atom is -0.338 e. The average Bonchev–Trinajstić information content (AvgIpc) is 2.20. The van der Waals surface area contributed by atoms with Crippen LogP contribution in [0.3, 0.4) is 0 Å². The predicted octanol–water partition coefficient (Wildman–Crippen LogP) is 2.83. The molecule has 0 aliphatic carbocycles. The number of benzene rings is 1. The highest BCUT2D eigenvalue weighted by Crippen LogP contribution is 2.15. The van der Waals surface area contributed by atoms with Crippen LogP contribution in [-0.4, -0.2) is 12.6 Å². The van der Waals surface area contributed by atoms with Crippen LogP contribution in [0.5, 0.6) is 0 Å². The standard InChI is InChI=1S/C12H18N2O/c1-4-7-13-12(15)14-11-8-9(2)5-6-10(11)3/h5-6,8H,4,7H2,1-3H3,(H2,13,14,15). The SMILES string of the molecule is CCCNC(=O)Nc1cc(C)ccc1C. The Kier molecular flexibility index (Phi) is 4.16. The molecule has 0 aliphatic rings. The van der Waals surface area contributed by atoms with Crippen LogP contribution in [-0.2, 0) is 0 Å². The van der Waals surface area contributed by atoms with Gasteiger partial charge in [0.15, 0.2) is 0 Å². The minimum absolute atomic E-state index is 0.134. The second-order valence-electron chi connectivity index (χ2n) is 3.70. The van der Waals surface area contributed by atoms with Crippen molar-refractivity contribution in [2.45, 2.75) is 27.2 Å². The van der Waals surface area contributed by atoms with Crippen LogP contribution in [0.25, 0.3) is 0 Å². The van der Waals surface area contributed by atoms with Gasteiger partial charge in [-0.25, -0.2) is 4.79 Å². The molecule has 0 heterocycles. The van der Waals surface area contributed by atoms with Gasteiger partial charge in [0.05, 0.1) is 0 Å². The van der Waals surface area contributed by atoms with Crippen molar-refractivity contribution in [3.05, 3.63) is 29.3 Å². The first-order valence-corrected chi connectivity index (χ1v) is 5.25. The summed E-state index contributed by atoms with van der Waals surface area (Å²) < 4.78 is 0. The molecule has 1 aromatic carbocycles. The molecule has 82 valence electrons. The molecule has 0 bridgehead atoms. The molecule has 2 amide bonds. The third-order valence-electron chi connectivity index (χ3n) is 2.18. The zero-order valence-corrected chi connectivity index (χ0v) is 9.55. The van der Waals surface area contributed by atoms with Crippen molar-refractivity contribution in [2.75, 3.05) is 11.9 Å². The Morgan fingerprint density at radius 2 is 2.07 bits per heavy atom. The van der Waals surface area contributed by atoms with E-state index in [0.29, 0.717) is 6.54 Å². The van der Waals surface area contributed by atoms with E-state index in [1.807, 2.05) is 39.0 Å². The van der Waals surface area contributed by atoms with E-state index in [9.17, 15) is 4.79 Å². The number of carbonyl (C=O) groups is 1. The summed E-state index contributed by atoms with van der Waals surface area (Å²) in [5.74, 6) is 0. The first kappa shape index (κ1) is 11.6. The molecule has 15 heavy (non-hydrogen) atoms. The maximum absolute atomic E-state index is 11.4. The fourth-order valence-corrected chi connectivity index (χ4v) is 1.28. The first-order valence-electron chi connectivity index (χ1n) is 5.25. The molecule has 0 saturated heterocycles. The summed E-state index contributed by atoms with van der Waals surface area (Å²) in [6.45, 7) is 6.72. The van der Waals surface area contributed by atoms with E-state index in [1.165, 1.54) is 0 Å². The number of urea groups is 1. The number of rotatable bonds is 3. The lowest BCUT2D eigenvalue weighted by atomic mass is 10.1. The normalized spacial score (nSPS) is 9.80. The molecule has 0 atom stereocenters. The minimum atomic E-state index is -0.134. The zero-order chi connectivity index (χ0) is 11.3. The monoisotopic (exact) mass is 206 g/mol. The molecule has 0 aliphatic heterocycles. The van der Waals surface area contributed by atoms with Gasteiger partial charge in [-0.3, -0.25) is 0 Å². The lowest BCUT2D eigenvalue weighted by Gasteiger charge is -2.09. The summed E-state index contributed by atoms with van der Waals surface area (Å²) >= 11 is 0. The van der Waals surface area contributed by atoms with Gasteiger partial charge in [0.1, 0.15) is 0 Å². The zero-order valence-electron chi connectivity index (χ0n) is 9.55. The van der Waals surface area contributed by atoms with Gasteiger partial charge in [0.2, 0.25) is 0 Å². The van der Waals surface area contributed by atoms with Crippen LogP contribution < -0.4 is 10.6 Å². The number of amides is 2. The van der Waals surface area contributed by atoms with Gasteiger partial charge in [0, 0.05) is 12.2 Å². The summed E-state index contributed by atoms with van der Waals surface area (Å²) in [6, 6.07) is 5.88. The van der Waals surface area contributed by atoms with Crippen molar-refractivity contribution in [2.24, 2.45) is 0 Å². The van der Waals surface area contributed by atoms with Crippen molar-refractivity contribution >= 4 is 11.7 Å². The summed E-state index contributed by atoms with van der Waals surface area (Å²) in [5, 5.41) is 5.61. The van der Waals surface area contributed by atoms with E-state index >= 15 is 0 Å². The lowest BCUT2D eigenvalue weighted by Crippen LogP contribution is -2.29. The van der Waals surface area contributed by atoms with E-state index in [-0.39, 0.29) is 6.03 Å². The van der Waals surface area contributed by atoms with Crippen molar-refractivity contribution in [3.63, 3.8) is 0 Å². The molecule has 0 fully saturated rings. The van der Waals surface area contributed by atoms with E-state index in [4.69, 9.17) is 0 Å². The fourth-order valence-electron chi connectivity index (χ4n) is 1.28. The molecular formula is C12H18N2O. The molecule has 0 unspecified atom stereocenters. The number of anilines is 1. The molecule has 0 aromatic heterocycles. The number of nitrogens with one attached hydrogen (secondary N) is 2. The topological polar surface area (TPSA) is 41.1 Å². The molecule has 0 radical (unpaired) electrons. The number of hydrogen-bond donors (Lipinski definition) is 2. The highest BCUT2D eigenvalue weighted by atomic mass is 16.2. The van der Waals surface area contributed by atoms with Crippen LogP contribution in [0.1, 0.15) is 24.5 Å². The molecule has 1 aromatic rings. The molecule has 0 spiro atoms. The Morgan fingerprint density at radius 3 is 2.73 bits per heavy atom. The maximum Gasteiger partial charge on any atom is 0.319 e. The summed E-state index contributed by atoms with van der Waals surface area (Å²) in [6.07, 6.45) is 0.945. The summed E-state index contributed by atoms with van der Waals surface area (Å²) in [4.78, 5) is 11.4. The lowest BCUT2D eigenvalue weighted by molar-refractivity contribution is 0.252. The molecule has 1 rings (SSSR count). The molecule has 0 saturated carbocycles. The van der Waals surface area contributed by atoms with Gasteiger partial charge in [0.25, 0.3) is 0 Å². The number of aryl methyl sites for hydroxylation is 2. The van der Waals surface area contributed by atoms with Gasteiger partial charge in [-0.15, -0.1) is 0 Å². The van der Waals surface area contributed by atoms with E-state index in [1.54, 1.807) is 0 Å². The van der Waals surface area contributed by atoms with Crippen molar-refractivity contribution in [3.8, 4) is 0 Å². The second kappa shape index (κ2) is 5.39. The molecular weight excluding hydrogens is 188 g/mol. The predicted molar refractivity (Wildman–Crippen MR) is 63.2 cm³/mol. The quantitative estimate of drug-likeness (QED) is 0.784. The van der Waals surface area contributed by atoms with Crippen molar-refractivity contribution < 1.29 is 4.79 Å². The molecule has 3 heteroatoms. The Hall–Kier alpha value is -1.51. The van der Waals surface area contributed by atoms with Gasteiger partial charge in [-0.2, -0.15) is 0 Å². The van der Waals surface area contributed by atoms with Crippen LogP contribution in [0.15, 0.2) is 18.2 Å². The first-order chi connectivity index (χ1) is 7.13. The molecule has 3 nitrogen and oxygen atoms in total. The average molecular weight is 206 g/mol. The Labute approximate surface area is 90.9 Å². The third kappa shape index (κ3) is 3.62. The molecule has 2 N–H and O–H groups in total. The summed E-state index contributed by atoms with van der Waals surface area (Å²) in [7, 11) is 0. The smallest absolute Gasteiger partial charge is 0.319 e. The van der Waals surface area contributed by atoms with Crippen molar-refractivity contribution in [1.29, 1.82) is 0 Å². The van der Waals surface area contributed by atoms with Gasteiger partial charge >= 0.3 is 6.03 Å². The Balaban J connectivity index is 2.63. The van der Waals surface area contributed by atoms with Crippen LogP contribution in [0.2, 0.25) is 0 Å². The second-order valence-corrected chi connectivity index (χ2v) is 3.70. The van der Waals surface area contributed by atoms with Crippen LogP contribution >= 0.6 is 0 Å². The Morgan fingerprint density at radius 1 is 1.33 bits per heavy atom. The van der Waals surface area contributed by atoms with Crippen molar-refractivity contribution in [1.82, 2.24) is 5.32 Å². The number of carbonyl (C=O) groups excluding carboxylic acids is 1. The van der Waals surface area contributed by atoms with Crippen LogP contribution in [0.4, 0.5) is 10.5 Å². The van der Waals surface area contributed by atoms with Crippen LogP contribution in [0, 0.1) is 13.8 Å². The summed E-state index contributed by atoms with van der Waals surface area (Å²) in [5.41, 5.74) is 3.10. The highest BCUT2D eigenvalue weighted by molar-refractivity contribution is 5.90. The Bertz CT molecular complexity index is 347.